The lowest BCUT2D eigenvalue weighted by molar-refractivity contribution is -0.138. The van der Waals surface area contributed by atoms with Gasteiger partial charge in [0.25, 0.3) is 5.91 Å². The highest BCUT2D eigenvalue weighted by Crippen LogP contribution is 2.49. The zero-order chi connectivity index (χ0) is 34.6. The standard InChI is InChI=1S/C34H39F3N6O4S/c1-5-21-15-22(9-10-28(21)46-14-13-40-19-23-7-8-24(20-40)41(23)31(45)47-32(2,3)4)43-30(48)42(29(44)33(43)11-6-12-33)25-16-26(34(35,36)37)27(17-38)39-18-25/h9-10,15-16,18,23-24H,5-8,11-14,19-20H2,1-4H3. The number of piperazine rings is 1. The largest absolute Gasteiger partial charge is 0.492 e. The van der Waals surface area contributed by atoms with Crippen LogP contribution in [-0.4, -0.2) is 81.4 Å². The fourth-order valence-electron chi connectivity index (χ4n) is 7.28. The number of aryl methyl sites for hydroxylation is 1. The molecule has 4 fully saturated rings. The summed E-state index contributed by atoms with van der Waals surface area (Å²) in [7, 11) is 0. The van der Waals surface area contributed by atoms with Gasteiger partial charge in [0.1, 0.15) is 29.6 Å². The lowest BCUT2D eigenvalue weighted by Gasteiger charge is -2.43. The summed E-state index contributed by atoms with van der Waals surface area (Å²) in [4.78, 5) is 37.5. The van der Waals surface area contributed by atoms with Gasteiger partial charge in [0.2, 0.25) is 0 Å². The molecule has 0 radical (unpaired) electrons. The van der Waals surface area contributed by atoms with E-state index in [1.807, 2.05) is 50.8 Å². The molecule has 10 nitrogen and oxygen atoms in total. The number of amides is 2. The SMILES string of the molecule is CCc1cc(N2C(=S)N(c3cnc(C#N)c(C(F)(F)F)c3)C(=O)C23CCC3)ccc1OCCN1CC2CCC(C1)N2C(=O)OC(C)(C)C. The Morgan fingerprint density at radius 2 is 1.81 bits per heavy atom. The van der Waals surface area contributed by atoms with Crippen molar-refractivity contribution >= 4 is 40.7 Å². The Kier molecular flexibility index (Phi) is 8.83. The quantitative estimate of drug-likeness (QED) is 0.322. The van der Waals surface area contributed by atoms with Gasteiger partial charge in [0.15, 0.2) is 10.8 Å². The monoisotopic (exact) mass is 684 g/mol. The first-order chi connectivity index (χ1) is 22.7. The number of aromatic nitrogens is 1. The highest BCUT2D eigenvalue weighted by Gasteiger charge is 2.60. The molecule has 0 N–H and O–H groups in total. The Bertz CT molecular complexity index is 1650. The summed E-state index contributed by atoms with van der Waals surface area (Å²) in [5.74, 6) is 0.302. The Morgan fingerprint density at radius 1 is 1.12 bits per heavy atom. The van der Waals surface area contributed by atoms with Crippen molar-refractivity contribution in [3.05, 3.63) is 47.3 Å². The second-order valence-electron chi connectivity index (χ2n) is 13.9. The van der Waals surface area contributed by atoms with E-state index in [4.69, 9.17) is 21.7 Å². The molecular weight excluding hydrogens is 645 g/mol. The first-order valence-corrected chi connectivity index (χ1v) is 16.7. The van der Waals surface area contributed by atoms with E-state index in [0.717, 1.165) is 55.1 Å². The van der Waals surface area contributed by atoms with Crippen LogP contribution >= 0.6 is 12.2 Å². The van der Waals surface area contributed by atoms with E-state index >= 15 is 0 Å². The number of ether oxygens (including phenoxy) is 2. The minimum absolute atomic E-state index is 0.0650. The van der Waals surface area contributed by atoms with Gasteiger partial charge >= 0.3 is 12.3 Å². The van der Waals surface area contributed by atoms with Crippen molar-refractivity contribution in [1.29, 1.82) is 5.26 Å². The maximum absolute atomic E-state index is 13.9. The summed E-state index contributed by atoms with van der Waals surface area (Å²) in [6.45, 7) is 10.3. The normalized spacial score (nSPS) is 22.2. The molecule has 1 aromatic carbocycles. The average molecular weight is 685 g/mol. The Morgan fingerprint density at radius 3 is 2.38 bits per heavy atom. The van der Waals surface area contributed by atoms with Gasteiger partial charge in [-0.15, -0.1) is 0 Å². The average Bonchev–Trinajstić information content (AvgIpc) is 3.41. The molecule has 1 spiro atoms. The van der Waals surface area contributed by atoms with Crippen LogP contribution in [0.1, 0.15) is 76.6 Å². The molecule has 48 heavy (non-hydrogen) atoms. The number of anilines is 2. The van der Waals surface area contributed by atoms with Gasteiger partial charge in [-0.3, -0.25) is 19.5 Å². The maximum Gasteiger partial charge on any atom is 0.419 e. The molecule has 3 saturated heterocycles. The van der Waals surface area contributed by atoms with Gasteiger partial charge in [-0.1, -0.05) is 6.92 Å². The molecule has 14 heteroatoms. The highest BCUT2D eigenvalue weighted by atomic mass is 32.1. The number of hydrogen-bond acceptors (Lipinski definition) is 8. The molecule has 4 aliphatic rings. The molecular formula is C34H39F3N6O4S. The van der Waals surface area contributed by atoms with Crippen molar-refractivity contribution in [1.82, 2.24) is 14.8 Å². The van der Waals surface area contributed by atoms with Crippen molar-refractivity contribution < 1.29 is 32.2 Å². The zero-order valence-electron chi connectivity index (χ0n) is 27.5. The third kappa shape index (κ3) is 6.07. The van der Waals surface area contributed by atoms with Gasteiger partial charge in [-0.2, -0.15) is 18.4 Å². The van der Waals surface area contributed by atoms with Crippen LogP contribution in [0.5, 0.6) is 5.75 Å². The second kappa shape index (κ2) is 12.5. The van der Waals surface area contributed by atoms with Crippen LogP contribution in [0.15, 0.2) is 30.5 Å². The van der Waals surface area contributed by atoms with Crippen LogP contribution in [0.25, 0.3) is 0 Å². The lowest BCUT2D eigenvalue weighted by Crippen LogP contribution is -2.57. The van der Waals surface area contributed by atoms with E-state index in [9.17, 15) is 28.0 Å². The molecule has 6 rings (SSSR count). The molecule has 1 aromatic heterocycles. The molecule has 1 saturated carbocycles. The third-order valence-corrected chi connectivity index (χ3v) is 10.0. The molecule has 2 aromatic rings. The van der Waals surface area contributed by atoms with Crippen molar-refractivity contribution in [2.24, 2.45) is 0 Å². The number of alkyl halides is 3. The number of carbonyl (C=O) groups excluding carboxylic acids is 2. The topological polar surface area (TPSA) is 102 Å². The molecule has 2 atom stereocenters. The van der Waals surface area contributed by atoms with E-state index in [2.05, 4.69) is 9.88 Å². The predicted molar refractivity (Wildman–Crippen MR) is 176 cm³/mol. The predicted octanol–water partition coefficient (Wildman–Crippen LogP) is 6.06. The first kappa shape index (κ1) is 33.9. The molecule has 2 amide bonds. The molecule has 2 bridgehead atoms. The van der Waals surface area contributed by atoms with Crippen LogP contribution in [-0.2, 0) is 22.1 Å². The molecule has 256 valence electrons. The zero-order valence-corrected chi connectivity index (χ0v) is 28.3. The van der Waals surface area contributed by atoms with Crippen LogP contribution in [0.2, 0.25) is 0 Å². The van der Waals surface area contributed by atoms with E-state index in [1.54, 1.807) is 4.90 Å². The number of nitriles is 1. The summed E-state index contributed by atoms with van der Waals surface area (Å²) in [5, 5.41) is 9.25. The summed E-state index contributed by atoms with van der Waals surface area (Å²) in [5.41, 5.74) is -2.08. The number of rotatable bonds is 7. The van der Waals surface area contributed by atoms with Crippen molar-refractivity contribution in [2.75, 3.05) is 36.0 Å². The fourth-order valence-corrected chi connectivity index (χ4v) is 7.75. The van der Waals surface area contributed by atoms with Crippen molar-refractivity contribution in [3.8, 4) is 11.8 Å². The molecule has 4 heterocycles. The van der Waals surface area contributed by atoms with Crippen molar-refractivity contribution in [2.45, 2.75) is 95.6 Å². The molecule has 3 aliphatic heterocycles. The number of benzene rings is 1. The van der Waals surface area contributed by atoms with Gasteiger partial charge in [-0.05, 0) is 101 Å². The van der Waals surface area contributed by atoms with Gasteiger partial charge < -0.3 is 14.4 Å². The number of carbonyl (C=O) groups is 2. The first-order valence-electron chi connectivity index (χ1n) is 16.3. The van der Waals surface area contributed by atoms with Gasteiger partial charge in [0.05, 0.1) is 17.4 Å². The lowest BCUT2D eigenvalue weighted by atomic mass is 9.75. The number of hydrogen-bond donors (Lipinski definition) is 0. The molecule has 2 unspecified atom stereocenters. The second-order valence-corrected chi connectivity index (χ2v) is 14.2. The Balaban J connectivity index is 1.15. The third-order valence-electron chi connectivity index (χ3n) is 9.65. The summed E-state index contributed by atoms with van der Waals surface area (Å²) < 4.78 is 53.1. The number of likely N-dealkylation sites (tertiary alicyclic amines) is 1. The number of fused-ring (bicyclic) bond motifs is 2. The van der Waals surface area contributed by atoms with Crippen molar-refractivity contribution in [3.63, 3.8) is 0 Å². The van der Waals surface area contributed by atoms with E-state index in [0.29, 0.717) is 43.9 Å². The summed E-state index contributed by atoms with van der Waals surface area (Å²) in [6, 6.07) is 8.09. The van der Waals surface area contributed by atoms with Crippen LogP contribution < -0.4 is 14.5 Å². The smallest absolute Gasteiger partial charge is 0.419 e. The summed E-state index contributed by atoms with van der Waals surface area (Å²) >= 11 is 5.77. The fraction of sp³-hybridized carbons (Fsp3) is 0.559. The van der Waals surface area contributed by atoms with Crippen LogP contribution in [0.4, 0.5) is 29.3 Å². The summed E-state index contributed by atoms with van der Waals surface area (Å²) in [6.07, 6.45) is 0.334. The highest BCUT2D eigenvalue weighted by molar-refractivity contribution is 7.81. The Hall–Kier alpha value is -3.96. The van der Waals surface area contributed by atoms with E-state index in [-0.39, 0.29) is 29.0 Å². The molecule has 1 aliphatic carbocycles. The van der Waals surface area contributed by atoms with Gasteiger partial charge in [0, 0.05) is 37.4 Å². The number of halogens is 3. The minimum Gasteiger partial charge on any atom is -0.492 e. The number of thiocarbonyl (C=S) groups is 1. The maximum atomic E-state index is 13.9. The van der Waals surface area contributed by atoms with Crippen LogP contribution in [0.3, 0.4) is 0 Å². The number of nitrogens with zero attached hydrogens (tertiary/aromatic N) is 6. The minimum atomic E-state index is -4.83. The number of pyridine rings is 1. The van der Waals surface area contributed by atoms with Gasteiger partial charge in [-0.25, -0.2) is 9.78 Å². The Labute approximate surface area is 283 Å². The van der Waals surface area contributed by atoms with E-state index < -0.39 is 34.5 Å². The van der Waals surface area contributed by atoms with Crippen LogP contribution in [0, 0.1) is 11.3 Å². The van der Waals surface area contributed by atoms with E-state index in [1.165, 1.54) is 6.07 Å².